The summed E-state index contributed by atoms with van der Waals surface area (Å²) in [5.74, 6) is -3.45. The number of thiophene rings is 1. The van der Waals surface area contributed by atoms with Gasteiger partial charge >= 0.3 is 0 Å². The monoisotopic (exact) mass is 408 g/mol. The number of H-pyrrole nitrogens is 1. The van der Waals surface area contributed by atoms with Crippen LogP contribution in [0.2, 0.25) is 0 Å². The van der Waals surface area contributed by atoms with Crippen molar-refractivity contribution < 1.29 is 18.3 Å². The molecule has 0 atom stereocenters. The average molecular weight is 408 g/mol. The molecule has 2 bridgehead atoms. The van der Waals surface area contributed by atoms with Gasteiger partial charge in [0.2, 0.25) is 0 Å². The van der Waals surface area contributed by atoms with E-state index in [4.69, 9.17) is 10.5 Å². The number of nitrogens with zero attached hydrogens (tertiary/aromatic N) is 2. The van der Waals surface area contributed by atoms with Gasteiger partial charge in [-0.25, -0.2) is 8.78 Å². The number of amides is 1. The summed E-state index contributed by atoms with van der Waals surface area (Å²) >= 11 is 1.18. The van der Waals surface area contributed by atoms with Gasteiger partial charge in [-0.15, -0.1) is 11.3 Å². The molecule has 0 aromatic carbocycles. The highest BCUT2D eigenvalue weighted by atomic mass is 32.1. The summed E-state index contributed by atoms with van der Waals surface area (Å²) in [7, 11) is 0. The summed E-state index contributed by atoms with van der Waals surface area (Å²) in [6.45, 7) is 0.0263. The molecule has 0 spiro atoms. The zero-order chi connectivity index (χ0) is 19.5. The first-order valence-electron chi connectivity index (χ1n) is 9.61. The van der Waals surface area contributed by atoms with Gasteiger partial charge < -0.3 is 15.4 Å². The van der Waals surface area contributed by atoms with Crippen LogP contribution in [0.4, 0.5) is 14.5 Å². The number of hydrogen-bond acceptors (Lipinski definition) is 5. The smallest absolute Gasteiger partial charge is 0.269 e. The minimum Gasteiger partial charge on any atom is -0.372 e. The Hall–Kier alpha value is -2.00. The zero-order valence-electron chi connectivity index (χ0n) is 15.3. The highest BCUT2D eigenvalue weighted by Crippen LogP contribution is 2.49. The molecule has 5 rings (SSSR count). The summed E-state index contributed by atoms with van der Waals surface area (Å²) in [5.41, 5.74) is 7.20. The van der Waals surface area contributed by atoms with Gasteiger partial charge in [0.05, 0.1) is 30.1 Å². The number of aromatic nitrogens is 2. The van der Waals surface area contributed by atoms with Crippen molar-refractivity contribution in [2.45, 2.75) is 56.2 Å². The number of nitrogens with two attached hydrogens (primary N) is 1. The number of aromatic amines is 1. The summed E-state index contributed by atoms with van der Waals surface area (Å²) in [6, 6.07) is 0. The van der Waals surface area contributed by atoms with Crippen molar-refractivity contribution >= 4 is 22.9 Å². The second-order valence-electron chi connectivity index (χ2n) is 8.14. The molecule has 3 N–H and O–H groups in total. The molecular weight excluding hydrogens is 386 g/mol. The Morgan fingerprint density at radius 1 is 1.43 bits per heavy atom. The maximum absolute atomic E-state index is 14.6. The minimum atomic E-state index is -2.87. The lowest BCUT2D eigenvalue weighted by atomic mass is 9.85. The van der Waals surface area contributed by atoms with Crippen LogP contribution in [-0.2, 0) is 11.2 Å². The Morgan fingerprint density at radius 3 is 2.82 bits per heavy atom. The maximum atomic E-state index is 14.6. The Bertz CT molecular complexity index is 903. The molecule has 6 nitrogen and oxygen atoms in total. The van der Waals surface area contributed by atoms with E-state index < -0.39 is 24.8 Å². The lowest BCUT2D eigenvalue weighted by Crippen LogP contribution is -2.45. The Labute approximate surface area is 165 Å². The van der Waals surface area contributed by atoms with Crippen molar-refractivity contribution in [1.82, 2.24) is 10.2 Å². The first-order chi connectivity index (χ1) is 13.4. The fourth-order valence-corrected chi connectivity index (χ4v) is 6.12. The highest BCUT2D eigenvalue weighted by Gasteiger charge is 2.47. The molecule has 0 unspecified atom stereocenters. The standard InChI is InChI=1S/C19H22F2N4O2S/c20-19(21)7-13-14(16(17(22)26)28-15(13)11-8-23-24-9-11)25(10-19)6-5-18-3-1-12(27-18)2-4-18/h8-9,12H,1-7,10H2,(H2,22,26)(H,23,24). The number of ether oxygens (including phenoxy) is 1. The number of carbonyl (C=O) groups excluding carboxylic acids is 1. The van der Waals surface area contributed by atoms with Crippen LogP contribution in [0.1, 0.15) is 47.3 Å². The van der Waals surface area contributed by atoms with E-state index in [0.717, 1.165) is 25.7 Å². The quantitative estimate of drug-likeness (QED) is 0.795. The summed E-state index contributed by atoms with van der Waals surface area (Å²) < 4.78 is 35.4. The molecule has 0 aliphatic carbocycles. The van der Waals surface area contributed by atoms with E-state index in [1.54, 1.807) is 17.3 Å². The van der Waals surface area contributed by atoms with Gasteiger partial charge in [-0.3, -0.25) is 9.89 Å². The van der Waals surface area contributed by atoms with Crippen LogP contribution >= 0.6 is 11.3 Å². The Kier molecular flexibility index (Phi) is 4.03. The molecule has 2 fully saturated rings. The second-order valence-corrected chi connectivity index (χ2v) is 9.16. The van der Waals surface area contributed by atoms with Crippen LogP contribution in [0, 0.1) is 0 Å². The number of nitrogens with one attached hydrogen (secondary N) is 1. The summed E-state index contributed by atoms with van der Waals surface area (Å²) in [4.78, 5) is 14.8. The molecule has 3 aliphatic heterocycles. The zero-order valence-corrected chi connectivity index (χ0v) is 16.2. The molecule has 150 valence electrons. The fraction of sp³-hybridized carbons (Fsp3) is 0.579. The van der Waals surface area contributed by atoms with Gasteiger partial charge in [-0.2, -0.15) is 5.10 Å². The number of rotatable bonds is 5. The third-order valence-electron chi connectivity index (χ3n) is 6.24. The van der Waals surface area contributed by atoms with Crippen LogP contribution in [0.3, 0.4) is 0 Å². The van der Waals surface area contributed by atoms with Gasteiger partial charge in [0, 0.05) is 35.2 Å². The third kappa shape index (κ3) is 2.91. The molecular formula is C19H22F2N4O2S. The first-order valence-corrected chi connectivity index (χ1v) is 10.4. The molecule has 9 heteroatoms. The lowest BCUT2D eigenvalue weighted by molar-refractivity contribution is -0.00355. The third-order valence-corrected chi connectivity index (χ3v) is 7.52. The number of primary amides is 1. The number of carbonyl (C=O) groups is 1. The molecule has 1 amide bonds. The number of halogens is 2. The average Bonchev–Trinajstić information content (AvgIpc) is 3.41. The van der Waals surface area contributed by atoms with Crippen LogP contribution < -0.4 is 10.6 Å². The van der Waals surface area contributed by atoms with Crippen molar-refractivity contribution in [3.8, 4) is 10.4 Å². The molecule has 2 aromatic rings. The Morgan fingerprint density at radius 2 is 2.21 bits per heavy atom. The van der Waals surface area contributed by atoms with Crippen molar-refractivity contribution in [3.63, 3.8) is 0 Å². The van der Waals surface area contributed by atoms with E-state index in [-0.39, 0.29) is 5.60 Å². The van der Waals surface area contributed by atoms with Crippen molar-refractivity contribution in [2.75, 3.05) is 18.0 Å². The van der Waals surface area contributed by atoms with Gasteiger partial charge in [0.25, 0.3) is 11.8 Å². The molecule has 3 aliphatic rings. The van der Waals surface area contributed by atoms with E-state index in [1.807, 2.05) is 0 Å². The Balaban J connectivity index is 1.52. The minimum absolute atomic E-state index is 0.187. The van der Waals surface area contributed by atoms with E-state index in [2.05, 4.69) is 10.2 Å². The molecule has 0 radical (unpaired) electrons. The van der Waals surface area contributed by atoms with Crippen molar-refractivity contribution in [1.29, 1.82) is 0 Å². The topological polar surface area (TPSA) is 84.2 Å². The van der Waals surface area contributed by atoms with Crippen LogP contribution in [0.5, 0.6) is 0 Å². The molecule has 28 heavy (non-hydrogen) atoms. The highest BCUT2D eigenvalue weighted by molar-refractivity contribution is 7.18. The van der Waals surface area contributed by atoms with E-state index >= 15 is 0 Å². The first kappa shape index (κ1) is 18.1. The predicted molar refractivity (Wildman–Crippen MR) is 102 cm³/mol. The van der Waals surface area contributed by atoms with Crippen LogP contribution in [0.25, 0.3) is 10.4 Å². The van der Waals surface area contributed by atoms with E-state index in [9.17, 15) is 13.6 Å². The lowest BCUT2D eigenvalue weighted by Gasteiger charge is -2.37. The van der Waals surface area contributed by atoms with E-state index in [0.29, 0.717) is 45.6 Å². The predicted octanol–water partition coefficient (Wildman–Crippen LogP) is 3.34. The van der Waals surface area contributed by atoms with Gasteiger partial charge in [0.15, 0.2) is 0 Å². The van der Waals surface area contributed by atoms with Crippen molar-refractivity contribution in [3.05, 3.63) is 22.8 Å². The van der Waals surface area contributed by atoms with Crippen LogP contribution in [-0.4, -0.2) is 46.8 Å². The second kappa shape index (κ2) is 6.25. The largest absolute Gasteiger partial charge is 0.372 e. The molecule has 2 saturated heterocycles. The van der Waals surface area contributed by atoms with Gasteiger partial charge in [-0.1, -0.05) is 0 Å². The molecule has 0 saturated carbocycles. The van der Waals surface area contributed by atoms with Gasteiger partial charge in [0.1, 0.15) is 4.88 Å². The normalized spacial score (nSPS) is 27.9. The van der Waals surface area contributed by atoms with Crippen LogP contribution in [0.15, 0.2) is 12.4 Å². The fourth-order valence-electron chi connectivity index (χ4n) is 4.95. The van der Waals surface area contributed by atoms with Gasteiger partial charge in [-0.05, 0) is 32.1 Å². The summed E-state index contributed by atoms with van der Waals surface area (Å²) in [5, 5.41) is 6.63. The van der Waals surface area contributed by atoms with E-state index in [1.165, 1.54) is 11.3 Å². The van der Waals surface area contributed by atoms with Crippen molar-refractivity contribution in [2.24, 2.45) is 5.73 Å². The number of hydrogen-bond donors (Lipinski definition) is 2. The number of fused-ring (bicyclic) bond motifs is 3. The maximum Gasteiger partial charge on any atom is 0.269 e. The molecule has 2 aromatic heterocycles. The SMILES string of the molecule is NC(=O)c1sc(-c2cn[nH]c2)c2c1N(CCC13CCC(CC1)O3)CC(F)(F)C2. The summed E-state index contributed by atoms with van der Waals surface area (Å²) in [6.07, 6.45) is 7.93. The number of alkyl halides is 2. The number of anilines is 1. The molecule has 5 heterocycles.